The summed E-state index contributed by atoms with van der Waals surface area (Å²) in [4.78, 5) is 28.2. The highest BCUT2D eigenvalue weighted by molar-refractivity contribution is 8.00. The maximum atomic E-state index is 12.0. The number of carbonyl (C=O) groups excluding carboxylic acids is 2. The summed E-state index contributed by atoms with van der Waals surface area (Å²) in [6, 6.07) is 13.1. The van der Waals surface area contributed by atoms with Crippen molar-refractivity contribution in [2.45, 2.75) is 13.5 Å². The SMILES string of the molecule is Cc1cccc(NC(=O)CSCC(=O)NCc2ccnc(-n3cccn3)c2)c1. The number of benzene rings is 1. The number of nitrogens with one attached hydrogen (secondary N) is 2. The Kier molecular flexibility index (Phi) is 6.80. The normalized spacial score (nSPS) is 10.5. The van der Waals surface area contributed by atoms with Gasteiger partial charge in [-0.2, -0.15) is 5.10 Å². The lowest BCUT2D eigenvalue weighted by atomic mass is 10.2. The summed E-state index contributed by atoms with van der Waals surface area (Å²) in [5, 5.41) is 9.82. The van der Waals surface area contributed by atoms with Gasteiger partial charge in [-0.3, -0.25) is 9.59 Å². The fourth-order valence-electron chi connectivity index (χ4n) is 2.51. The molecule has 144 valence electrons. The monoisotopic (exact) mass is 395 g/mol. The smallest absolute Gasteiger partial charge is 0.234 e. The number of nitrogens with zero attached hydrogens (tertiary/aromatic N) is 3. The number of aromatic nitrogens is 3. The van der Waals surface area contributed by atoms with E-state index in [2.05, 4.69) is 20.7 Å². The molecular formula is C20H21N5O2S. The molecule has 1 aromatic carbocycles. The van der Waals surface area contributed by atoms with Crippen LogP contribution in [0.3, 0.4) is 0 Å². The van der Waals surface area contributed by atoms with E-state index in [1.54, 1.807) is 17.1 Å². The highest BCUT2D eigenvalue weighted by atomic mass is 32.2. The second kappa shape index (κ2) is 9.70. The molecule has 0 aliphatic carbocycles. The van der Waals surface area contributed by atoms with Crippen LogP contribution >= 0.6 is 11.8 Å². The van der Waals surface area contributed by atoms with Gasteiger partial charge >= 0.3 is 0 Å². The fraction of sp³-hybridized carbons (Fsp3) is 0.200. The van der Waals surface area contributed by atoms with Gasteiger partial charge in [0, 0.05) is 30.8 Å². The van der Waals surface area contributed by atoms with Crippen molar-refractivity contribution >= 4 is 29.3 Å². The minimum absolute atomic E-state index is 0.120. The zero-order valence-electron chi connectivity index (χ0n) is 15.5. The maximum Gasteiger partial charge on any atom is 0.234 e. The summed E-state index contributed by atoms with van der Waals surface area (Å²) in [5.74, 6) is 0.893. The van der Waals surface area contributed by atoms with Gasteiger partial charge in [0.1, 0.15) is 0 Å². The molecule has 2 heterocycles. The highest BCUT2D eigenvalue weighted by Crippen LogP contribution is 2.11. The number of amides is 2. The summed E-state index contributed by atoms with van der Waals surface area (Å²) in [5.41, 5.74) is 2.77. The van der Waals surface area contributed by atoms with Gasteiger partial charge in [0.05, 0.1) is 11.5 Å². The third kappa shape index (κ3) is 5.95. The first-order valence-electron chi connectivity index (χ1n) is 8.76. The Hall–Kier alpha value is -3.13. The van der Waals surface area contributed by atoms with Crippen LogP contribution < -0.4 is 10.6 Å². The van der Waals surface area contributed by atoms with Gasteiger partial charge in [-0.15, -0.1) is 11.8 Å². The van der Waals surface area contributed by atoms with Crippen molar-refractivity contribution in [1.29, 1.82) is 0 Å². The Bertz CT molecular complexity index is 943. The number of hydrogen-bond acceptors (Lipinski definition) is 5. The Morgan fingerprint density at radius 1 is 1.07 bits per heavy atom. The second-order valence-corrected chi connectivity index (χ2v) is 7.15. The number of anilines is 1. The van der Waals surface area contributed by atoms with Gasteiger partial charge in [-0.25, -0.2) is 9.67 Å². The third-order valence-electron chi connectivity index (χ3n) is 3.81. The fourth-order valence-corrected chi connectivity index (χ4v) is 3.16. The van der Waals surface area contributed by atoms with Crippen LogP contribution in [0.4, 0.5) is 5.69 Å². The molecule has 2 N–H and O–H groups in total. The molecule has 28 heavy (non-hydrogen) atoms. The largest absolute Gasteiger partial charge is 0.351 e. The topological polar surface area (TPSA) is 88.9 Å². The molecule has 2 amide bonds. The van der Waals surface area contributed by atoms with Crippen LogP contribution in [0.5, 0.6) is 0 Å². The van der Waals surface area contributed by atoms with Crippen molar-refractivity contribution in [3.05, 3.63) is 72.2 Å². The number of carbonyl (C=O) groups is 2. The summed E-state index contributed by atoms with van der Waals surface area (Å²) in [6.07, 6.45) is 5.18. The molecule has 0 spiro atoms. The van der Waals surface area contributed by atoms with E-state index in [1.165, 1.54) is 11.8 Å². The molecule has 0 radical (unpaired) electrons. The van der Waals surface area contributed by atoms with Crippen molar-refractivity contribution in [2.75, 3.05) is 16.8 Å². The average Bonchev–Trinajstić information content (AvgIpc) is 3.21. The Labute approximate surface area is 167 Å². The summed E-state index contributed by atoms with van der Waals surface area (Å²) < 4.78 is 1.66. The minimum atomic E-state index is -0.124. The first kappa shape index (κ1) is 19.6. The van der Waals surface area contributed by atoms with Crippen LogP contribution in [0.15, 0.2) is 61.1 Å². The molecule has 0 unspecified atom stereocenters. The number of pyridine rings is 1. The molecule has 0 bridgehead atoms. The molecule has 0 aliphatic heterocycles. The third-order valence-corrected chi connectivity index (χ3v) is 4.74. The predicted octanol–water partition coefficient (Wildman–Crippen LogP) is 2.56. The van der Waals surface area contributed by atoms with Crippen molar-refractivity contribution in [1.82, 2.24) is 20.1 Å². The molecule has 3 rings (SSSR count). The van der Waals surface area contributed by atoms with Crippen LogP contribution in [0.2, 0.25) is 0 Å². The van der Waals surface area contributed by atoms with E-state index >= 15 is 0 Å². The van der Waals surface area contributed by atoms with Gasteiger partial charge in [0.15, 0.2) is 5.82 Å². The zero-order valence-corrected chi connectivity index (χ0v) is 16.3. The van der Waals surface area contributed by atoms with Crippen LogP contribution in [0.1, 0.15) is 11.1 Å². The lowest BCUT2D eigenvalue weighted by molar-refractivity contribution is -0.118. The van der Waals surface area contributed by atoms with E-state index in [4.69, 9.17) is 0 Å². The van der Waals surface area contributed by atoms with Crippen LogP contribution in [0, 0.1) is 6.92 Å². The van der Waals surface area contributed by atoms with Gasteiger partial charge in [0.25, 0.3) is 0 Å². The van der Waals surface area contributed by atoms with E-state index in [-0.39, 0.29) is 23.3 Å². The predicted molar refractivity (Wildman–Crippen MR) is 110 cm³/mol. The van der Waals surface area contributed by atoms with Gasteiger partial charge in [0.2, 0.25) is 11.8 Å². The molecule has 0 aliphatic rings. The Balaban J connectivity index is 1.39. The van der Waals surface area contributed by atoms with E-state index in [9.17, 15) is 9.59 Å². The lowest BCUT2D eigenvalue weighted by Crippen LogP contribution is -2.25. The molecule has 8 heteroatoms. The number of hydrogen-bond donors (Lipinski definition) is 2. The van der Waals surface area contributed by atoms with Gasteiger partial charge < -0.3 is 10.6 Å². The first-order chi connectivity index (χ1) is 13.6. The number of thioether (sulfide) groups is 1. The molecule has 3 aromatic rings. The van der Waals surface area contributed by atoms with Gasteiger partial charge in [-0.1, -0.05) is 12.1 Å². The zero-order chi connectivity index (χ0) is 19.8. The quantitative estimate of drug-likeness (QED) is 0.612. The average molecular weight is 395 g/mol. The van der Waals surface area contributed by atoms with E-state index in [1.807, 2.05) is 55.6 Å². The van der Waals surface area contributed by atoms with Crippen LogP contribution in [-0.4, -0.2) is 38.1 Å². The molecule has 0 fully saturated rings. The Morgan fingerprint density at radius 2 is 1.93 bits per heavy atom. The lowest BCUT2D eigenvalue weighted by Gasteiger charge is -2.08. The molecule has 7 nitrogen and oxygen atoms in total. The van der Waals surface area contributed by atoms with E-state index in [0.717, 1.165) is 16.8 Å². The summed E-state index contributed by atoms with van der Waals surface area (Å²) in [7, 11) is 0. The van der Waals surface area contributed by atoms with Crippen molar-refractivity contribution in [2.24, 2.45) is 0 Å². The first-order valence-corrected chi connectivity index (χ1v) is 9.91. The summed E-state index contributed by atoms with van der Waals surface area (Å²) >= 11 is 1.28. The van der Waals surface area contributed by atoms with Gasteiger partial charge in [-0.05, 0) is 48.4 Å². The standard InChI is InChI=1S/C20H21N5O2S/c1-15-4-2-5-17(10-15)24-20(27)14-28-13-19(26)22-12-16-6-8-21-18(11-16)25-9-3-7-23-25/h2-11H,12-14H2,1H3,(H,22,26)(H,24,27). The molecule has 0 saturated heterocycles. The maximum absolute atomic E-state index is 12.0. The highest BCUT2D eigenvalue weighted by Gasteiger charge is 2.07. The van der Waals surface area contributed by atoms with E-state index in [0.29, 0.717) is 12.4 Å². The van der Waals surface area contributed by atoms with Crippen molar-refractivity contribution in [3.8, 4) is 5.82 Å². The molecular weight excluding hydrogens is 374 g/mol. The van der Waals surface area contributed by atoms with E-state index < -0.39 is 0 Å². The minimum Gasteiger partial charge on any atom is -0.351 e. The van der Waals surface area contributed by atoms with Crippen LogP contribution in [-0.2, 0) is 16.1 Å². The van der Waals surface area contributed by atoms with Crippen LogP contribution in [0.25, 0.3) is 5.82 Å². The number of rotatable bonds is 8. The molecule has 2 aromatic heterocycles. The second-order valence-electron chi connectivity index (χ2n) is 6.16. The molecule has 0 saturated carbocycles. The molecule has 0 atom stereocenters. The number of aryl methyl sites for hydroxylation is 1. The summed E-state index contributed by atoms with van der Waals surface area (Å²) in [6.45, 7) is 2.36. The Morgan fingerprint density at radius 3 is 2.71 bits per heavy atom. The van der Waals surface area contributed by atoms with Crippen molar-refractivity contribution < 1.29 is 9.59 Å². The van der Waals surface area contributed by atoms with Crippen molar-refractivity contribution in [3.63, 3.8) is 0 Å².